The van der Waals surface area contributed by atoms with E-state index in [1.54, 1.807) is 7.11 Å². The molecule has 0 amide bonds. The predicted octanol–water partition coefficient (Wildman–Crippen LogP) is 4.49. The van der Waals surface area contributed by atoms with Crippen molar-refractivity contribution in [1.82, 2.24) is 4.68 Å². The minimum atomic E-state index is 0.0380. The maximum Gasteiger partial charge on any atom is 0.195 e. The number of benzene rings is 2. The first kappa shape index (κ1) is 20.9. The fourth-order valence-electron chi connectivity index (χ4n) is 3.80. The van der Waals surface area contributed by atoms with E-state index in [9.17, 15) is 4.79 Å². The molecule has 29 heavy (non-hydrogen) atoms. The second kappa shape index (κ2) is 9.14. The van der Waals surface area contributed by atoms with Gasteiger partial charge in [0.1, 0.15) is 5.75 Å². The van der Waals surface area contributed by atoms with Crippen LogP contribution in [0.1, 0.15) is 41.0 Å². The second-order valence-electron chi connectivity index (χ2n) is 6.92. The summed E-state index contributed by atoms with van der Waals surface area (Å²) in [4.78, 5) is 13.4. The number of ketones is 1. The average molecular weight is 395 g/mol. The molecule has 0 radical (unpaired) electrons. The molecule has 4 rings (SSSR count). The van der Waals surface area contributed by atoms with Crippen LogP contribution in [0.3, 0.4) is 0 Å². The molecule has 5 nitrogen and oxygen atoms in total. The van der Waals surface area contributed by atoms with Crippen LogP contribution in [0, 0.1) is 13.8 Å². The maximum atomic E-state index is 13.4. The van der Waals surface area contributed by atoms with Crippen molar-refractivity contribution in [3.05, 3.63) is 64.8 Å². The number of carbonyl (C=O) groups is 1. The van der Waals surface area contributed by atoms with Crippen molar-refractivity contribution in [3.8, 4) is 5.75 Å². The first-order valence-corrected chi connectivity index (χ1v) is 10.2. The van der Waals surface area contributed by atoms with Crippen LogP contribution in [0.5, 0.6) is 5.75 Å². The van der Waals surface area contributed by atoms with Crippen LogP contribution in [0.2, 0.25) is 0 Å². The summed E-state index contributed by atoms with van der Waals surface area (Å²) in [6.07, 6.45) is 0. The van der Waals surface area contributed by atoms with E-state index in [2.05, 4.69) is 34.8 Å². The van der Waals surface area contributed by atoms with Crippen molar-refractivity contribution in [1.29, 1.82) is 0 Å². The van der Waals surface area contributed by atoms with Gasteiger partial charge in [-0.3, -0.25) is 9.47 Å². The zero-order chi connectivity index (χ0) is 21.0. The Kier molecular flexibility index (Phi) is 6.60. The number of morpholine rings is 1. The first-order valence-electron chi connectivity index (χ1n) is 10.2. The molecule has 1 aliphatic rings. The summed E-state index contributed by atoms with van der Waals surface area (Å²) < 4.78 is 12.9. The van der Waals surface area contributed by atoms with Gasteiger partial charge < -0.3 is 14.5 Å². The summed E-state index contributed by atoms with van der Waals surface area (Å²) in [5.74, 6) is 0.783. The number of hydrogen-bond donors (Lipinski definition) is 0. The Morgan fingerprint density at radius 2 is 1.66 bits per heavy atom. The third-order valence-corrected chi connectivity index (χ3v) is 5.18. The third-order valence-electron chi connectivity index (χ3n) is 5.18. The average Bonchev–Trinajstić information content (AvgIpc) is 3.06. The van der Waals surface area contributed by atoms with Crippen molar-refractivity contribution in [3.63, 3.8) is 0 Å². The molecule has 5 heteroatoms. The molecule has 1 aliphatic heterocycles. The maximum absolute atomic E-state index is 13.4. The highest BCUT2D eigenvalue weighted by molar-refractivity contribution is 6.17. The van der Waals surface area contributed by atoms with Gasteiger partial charge in [0, 0.05) is 16.6 Å². The molecule has 2 heterocycles. The molecule has 1 saturated heterocycles. The number of aromatic nitrogens is 1. The van der Waals surface area contributed by atoms with Gasteiger partial charge in [0.15, 0.2) is 5.78 Å². The summed E-state index contributed by atoms with van der Waals surface area (Å²) in [5, 5.41) is 3.26. The number of ether oxygens (including phenoxy) is 2. The largest absolute Gasteiger partial charge is 0.497 e. The molecule has 0 spiro atoms. The molecule has 0 aliphatic carbocycles. The number of carbonyl (C=O) groups excluding carboxylic acids is 1. The lowest BCUT2D eigenvalue weighted by atomic mass is 10.00. The highest BCUT2D eigenvalue weighted by atomic mass is 16.5. The Morgan fingerprint density at radius 1 is 1.00 bits per heavy atom. The molecule has 1 aromatic heterocycles. The monoisotopic (exact) mass is 394 g/mol. The molecule has 0 saturated carbocycles. The van der Waals surface area contributed by atoms with E-state index in [0.717, 1.165) is 41.0 Å². The number of rotatable bonds is 4. The molecule has 0 unspecified atom stereocenters. The lowest BCUT2D eigenvalue weighted by Crippen LogP contribution is -2.44. The fraction of sp³-hybridized carbons (Fsp3) is 0.375. The fourth-order valence-corrected chi connectivity index (χ4v) is 3.80. The second-order valence-corrected chi connectivity index (χ2v) is 6.92. The normalized spacial score (nSPS) is 13.8. The van der Waals surface area contributed by atoms with E-state index in [-0.39, 0.29) is 5.78 Å². The van der Waals surface area contributed by atoms with E-state index in [0.29, 0.717) is 18.8 Å². The topological polar surface area (TPSA) is 43.7 Å². The van der Waals surface area contributed by atoms with Crippen LogP contribution in [0.25, 0.3) is 10.9 Å². The van der Waals surface area contributed by atoms with Gasteiger partial charge in [-0.05, 0) is 49.7 Å². The number of fused-ring (bicyclic) bond motifs is 1. The van der Waals surface area contributed by atoms with Gasteiger partial charge in [0.2, 0.25) is 0 Å². The summed E-state index contributed by atoms with van der Waals surface area (Å²) >= 11 is 0. The van der Waals surface area contributed by atoms with E-state index in [1.165, 1.54) is 5.56 Å². The van der Waals surface area contributed by atoms with Gasteiger partial charge >= 0.3 is 0 Å². The molecular weight excluding hydrogens is 364 g/mol. The van der Waals surface area contributed by atoms with Gasteiger partial charge in [-0.1, -0.05) is 26.0 Å². The minimum absolute atomic E-state index is 0.0380. The van der Waals surface area contributed by atoms with Gasteiger partial charge in [-0.2, -0.15) is 0 Å². The number of aryl methyl sites for hydroxylation is 1. The lowest BCUT2D eigenvalue weighted by molar-refractivity contribution is 0.103. The SMILES string of the molecule is CC.COc1ccc(C(=O)c2c(C)n(N3CCOCC3)c3cc(C)ccc23)cc1. The summed E-state index contributed by atoms with van der Waals surface area (Å²) in [7, 11) is 1.62. The van der Waals surface area contributed by atoms with E-state index in [4.69, 9.17) is 9.47 Å². The van der Waals surface area contributed by atoms with Crippen LogP contribution < -0.4 is 9.75 Å². The summed E-state index contributed by atoms with van der Waals surface area (Å²) in [6.45, 7) is 11.1. The van der Waals surface area contributed by atoms with E-state index in [1.807, 2.05) is 45.0 Å². The van der Waals surface area contributed by atoms with E-state index < -0.39 is 0 Å². The van der Waals surface area contributed by atoms with Crippen molar-refractivity contribution in [2.75, 3.05) is 38.4 Å². The molecular formula is C24H30N2O3. The highest BCUT2D eigenvalue weighted by Crippen LogP contribution is 2.30. The summed E-state index contributed by atoms with van der Waals surface area (Å²) in [6, 6.07) is 13.6. The zero-order valence-electron chi connectivity index (χ0n) is 18.0. The number of nitrogens with zero attached hydrogens (tertiary/aromatic N) is 2. The Balaban J connectivity index is 0.00000117. The third kappa shape index (κ3) is 4.01. The Labute approximate surface area is 172 Å². The summed E-state index contributed by atoms with van der Waals surface area (Å²) in [5.41, 5.74) is 4.66. The first-order chi connectivity index (χ1) is 14.1. The smallest absolute Gasteiger partial charge is 0.195 e. The Bertz CT molecular complexity index is 984. The number of hydrogen-bond acceptors (Lipinski definition) is 4. The van der Waals surface area contributed by atoms with Crippen LogP contribution >= 0.6 is 0 Å². The van der Waals surface area contributed by atoms with Crippen molar-refractivity contribution < 1.29 is 14.3 Å². The lowest BCUT2D eigenvalue weighted by Gasteiger charge is -2.31. The molecule has 0 atom stereocenters. The zero-order valence-corrected chi connectivity index (χ0v) is 18.0. The molecule has 1 fully saturated rings. The van der Waals surface area contributed by atoms with Crippen LogP contribution in [-0.4, -0.2) is 43.9 Å². The standard InChI is InChI=1S/C22H24N2O3.C2H6/c1-15-4-9-19-20(14-15)24(23-10-12-27-13-11-23)16(2)21(19)22(25)17-5-7-18(26-3)8-6-17;1-2/h4-9,14H,10-13H2,1-3H3;1-2H3. The molecule has 0 N–H and O–H groups in total. The quantitative estimate of drug-likeness (QED) is 0.612. The minimum Gasteiger partial charge on any atom is -0.497 e. The molecule has 154 valence electrons. The van der Waals surface area contributed by atoms with Gasteiger partial charge in [0.05, 0.1) is 44.5 Å². The van der Waals surface area contributed by atoms with Crippen molar-refractivity contribution in [2.45, 2.75) is 27.7 Å². The molecule has 2 aromatic carbocycles. The van der Waals surface area contributed by atoms with Crippen LogP contribution in [0.4, 0.5) is 0 Å². The Hall–Kier alpha value is -2.79. The predicted molar refractivity (Wildman–Crippen MR) is 118 cm³/mol. The molecule has 0 bridgehead atoms. The number of methoxy groups -OCH3 is 1. The van der Waals surface area contributed by atoms with Crippen LogP contribution in [-0.2, 0) is 4.74 Å². The Morgan fingerprint density at radius 3 is 2.28 bits per heavy atom. The van der Waals surface area contributed by atoms with Gasteiger partial charge in [-0.15, -0.1) is 0 Å². The highest BCUT2D eigenvalue weighted by Gasteiger charge is 2.24. The van der Waals surface area contributed by atoms with Crippen molar-refractivity contribution in [2.24, 2.45) is 0 Å². The van der Waals surface area contributed by atoms with Crippen LogP contribution in [0.15, 0.2) is 42.5 Å². The van der Waals surface area contributed by atoms with Crippen molar-refractivity contribution >= 4 is 16.7 Å². The van der Waals surface area contributed by atoms with Gasteiger partial charge in [-0.25, -0.2) is 0 Å². The van der Waals surface area contributed by atoms with E-state index >= 15 is 0 Å². The van der Waals surface area contributed by atoms with Gasteiger partial charge in [0.25, 0.3) is 0 Å². The molecule has 3 aromatic rings.